The molecule has 1 heterocycles. The number of halogens is 2. The van der Waals surface area contributed by atoms with Gasteiger partial charge in [-0.25, -0.2) is 0 Å². The first kappa shape index (κ1) is 15.8. The van der Waals surface area contributed by atoms with E-state index in [1.54, 1.807) is 0 Å². The average Bonchev–Trinajstić information content (AvgIpc) is 2.27. The van der Waals surface area contributed by atoms with Crippen LogP contribution in [0.3, 0.4) is 0 Å². The minimum Gasteiger partial charge on any atom is -0.386 e. The molecule has 2 rings (SSSR count). The average molecular weight is 352 g/mol. The van der Waals surface area contributed by atoms with Crippen molar-refractivity contribution in [3.8, 4) is 0 Å². The lowest BCUT2D eigenvalue weighted by molar-refractivity contribution is -0.194. The minimum absolute atomic E-state index is 0.197. The molecule has 0 saturated heterocycles. The zero-order valence-electron chi connectivity index (χ0n) is 12.1. The molecule has 0 bridgehead atoms. The van der Waals surface area contributed by atoms with Crippen LogP contribution in [-0.4, -0.2) is 32.1 Å². The van der Waals surface area contributed by atoms with Crippen LogP contribution >= 0.6 is 27.5 Å². The van der Waals surface area contributed by atoms with Crippen LogP contribution in [0.1, 0.15) is 47.0 Å². The van der Waals surface area contributed by atoms with Gasteiger partial charge in [0.25, 0.3) is 0 Å². The standard InChI is InChI=1S/C15H24BrClO2/c1-13(2)7-6-12(18)15(4,19-13)10-5-8-14(3,17)11(16)9-10/h6-7,10-12,18H,5,8-9H2,1-4H3/t10-,11-,12+,14-,15+/m0/s1. The Kier molecular flexibility index (Phi) is 4.17. The molecule has 1 aliphatic heterocycles. The Morgan fingerprint density at radius 3 is 2.53 bits per heavy atom. The van der Waals surface area contributed by atoms with E-state index < -0.39 is 11.7 Å². The van der Waals surface area contributed by atoms with Crippen LogP contribution in [0.2, 0.25) is 0 Å². The van der Waals surface area contributed by atoms with Gasteiger partial charge in [-0.1, -0.05) is 28.1 Å². The SMILES string of the molecule is CC1(C)C=C[C@@H](O)[C@@](C)([C@H]2CC[C@](C)(Cl)[C@@H](Br)C2)O1. The number of aliphatic hydroxyl groups excluding tert-OH is 1. The van der Waals surface area contributed by atoms with Crippen LogP contribution in [0.4, 0.5) is 0 Å². The molecule has 0 aromatic heterocycles. The molecular weight excluding hydrogens is 328 g/mol. The van der Waals surface area contributed by atoms with Crippen molar-refractivity contribution < 1.29 is 9.84 Å². The van der Waals surface area contributed by atoms with Crippen LogP contribution in [0.25, 0.3) is 0 Å². The normalized spacial score (nSPS) is 50.2. The van der Waals surface area contributed by atoms with Gasteiger partial charge in [0.1, 0.15) is 6.10 Å². The van der Waals surface area contributed by atoms with Crippen molar-refractivity contribution in [2.75, 3.05) is 0 Å². The molecule has 0 aromatic carbocycles. The maximum atomic E-state index is 10.4. The summed E-state index contributed by atoms with van der Waals surface area (Å²) in [6, 6.07) is 0. The Labute approximate surface area is 129 Å². The van der Waals surface area contributed by atoms with Crippen LogP contribution < -0.4 is 0 Å². The zero-order chi connectivity index (χ0) is 14.5. The summed E-state index contributed by atoms with van der Waals surface area (Å²) < 4.78 is 6.23. The van der Waals surface area contributed by atoms with Crippen molar-refractivity contribution in [2.45, 2.75) is 74.0 Å². The quantitative estimate of drug-likeness (QED) is 0.571. The van der Waals surface area contributed by atoms with Gasteiger partial charge in [0.15, 0.2) is 0 Å². The lowest BCUT2D eigenvalue weighted by Gasteiger charge is -2.51. The lowest BCUT2D eigenvalue weighted by Crippen LogP contribution is -2.57. The van der Waals surface area contributed by atoms with Crippen LogP contribution in [-0.2, 0) is 4.74 Å². The molecule has 4 heteroatoms. The fourth-order valence-electron chi connectivity index (χ4n) is 3.25. The van der Waals surface area contributed by atoms with E-state index in [2.05, 4.69) is 22.9 Å². The number of hydrogen-bond acceptors (Lipinski definition) is 2. The zero-order valence-corrected chi connectivity index (χ0v) is 14.5. The van der Waals surface area contributed by atoms with Gasteiger partial charge in [-0.2, -0.15) is 0 Å². The molecule has 2 nitrogen and oxygen atoms in total. The predicted molar refractivity (Wildman–Crippen MR) is 83.0 cm³/mol. The van der Waals surface area contributed by atoms with E-state index >= 15 is 0 Å². The summed E-state index contributed by atoms with van der Waals surface area (Å²) >= 11 is 10.2. The number of aliphatic hydroxyl groups is 1. The van der Waals surface area contributed by atoms with Crippen LogP contribution in [0, 0.1) is 5.92 Å². The monoisotopic (exact) mass is 350 g/mol. The highest BCUT2D eigenvalue weighted by Gasteiger charge is 2.50. The predicted octanol–water partition coefficient (Wildman–Crippen LogP) is 4.03. The van der Waals surface area contributed by atoms with E-state index in [0.29, 0.717) is 5.92 Å². The number of hydrogen-bond donors (Lipinski definition) is 1. The van der Waals surface area contributed by atoms with Gasteiger partial charge < -0.3 is 9.84 Å². The summed E-state index contributed by atoms with van der Waals surface area (Å²) in [5.41, 5.74) is -0.852. The first-order valence-electron chi connectivity index (χ1n) is 6.97. The van der Waals surface area contributed by atoms with E-state index in [1.807, 2.05) is 32.9 Å². The Morgan fingerprint density at radius 1 is 1.32 bits per heavy atom. The highest BCUT2D eigenvalue weighted by Crippen LogP contribution is 2.48. The molecule has 0 spiro atoms. The third-order valence-electron chi connectivity index (χ3n) is 4.69. The van der Waals surface area contributed by atoms with Crippen molar-refractivity contribution in [3.63, 3.8) is 0 Å². The Bertz CT molecular complexity index is 380. The van der Waals surface area contributed by atoms with E-state index in [-0.39, 0.29) is 15.3 Å². The van der Waals surface area contributed by atoms with Crippen molar-refractivity contribution in [2.24, 2.45) is 5.92 Å². The van der Waals surface area contributed by atoms with Gasteiger partial charge in [0.05, 0.1) is 16.1 Å². The van der Waals surface area contributed by atoms with Crippen LogP contribution in [0.15, 0.2) is 12.2 Å². The van der Waals surface area contributed by atoms with Gasteiger partial charge in [-0.05, 0) is 52.9 Å². The summed E-state index contributed by atoms with van der Waals surface area (Å²) in [5.74, 6) is 0.308. The van der Waals surface area contributed by atoms with Gasteiger partial charge in [0.2, 0.25) is 0 Å². The molecule has 19 heavy (non-hydrogen) atoms. The second-order valence-electron chi connectivity index (χ2n) is 6.91. The first-order valence-corrected chi connectivity index (χ1v) is 8.27. The third-order valence-corrected chi connectivity index (χ3v) is 6.79. The highest BCUT2D eigenvalue weighted by molar-refractivity contribution is 9.09. The summed E-state index contributed by atoms with van der Waals surface area (Å²) in [5, 5.41) is 10.4. The van der Waals surface area contributed by atoms with E-state index in [0.717, 1.165) is 19.3 Å². The van der Waals surface area contributed by atoms with Crippen molar-refractivity contribution in [1.82, 2.24) is 0 Å². The summed E-state index contributed by atoms with van der Waals surface area (Å²) in [6.45, 7) is 8.18. The Balaban J connectivity index is 2.19. The number of ether oxygens (including phenoxy) is 1. The molecule has 1 aliphatic carbocycles. The summed E-state index contributed by atoms with van der Waals surface area (Å²) in [7, 11) is 0. The molecular formula is C15H24BrClO2. The Hall–Kier alpha value is 0.430. The minimum atomic E-state index is -0.551. The Morgan fingerprint density at radius 2 is 1.95 bits per heavy atom. The van der Waals surface area contributed by atoms with Crippen LogP contribution in [0.5, 0.6) is 0 Å². The smallest absolute Gasteiger partial charge is 0.101 e. The molecule has 0 amide bonds. The molecule has 0 aromatic rings. The fraction of sp³-hybridized carbons (Fsp3) is 0.867. The van der Waals surface area contributed by atoms with Gasteiger partial charge in [-0.15, -0.1) is 11.6 Å². The van der Waals surface area contributed by atoms with Gasteiger partial charge in [0, 0.05) is 4.83 Å². The molecule has 2 aliphatic rings. The topological polar surface area (TPSA) is 29.5 Å². The first-order chi connectivity index (χ1) is 8.57. The number of alkyl halides is 2. The van der Waals surface area contributed by atoms with Crippen molar-refractivity contribution in [3.05, 3.63) is 12.2 Å². The number of rotatable bonds is 1. The molecule has 0 unspecified atom stereocenters. The van der Waals surface area contributed by atoms with Gasteiger partial charge in [-0.3, -0.25) is 0 Å². The molecule has 5 atom stereocenters. The van der Waals surface area contributed by atoms with E-state index in [4.69, 9.17) is 16.3 Å². The molecule has 110 valence electrons. The summed E-state index contributed by atoms with van der Waals surface area (Å²) in [4.78, 5) is 0.0553. The maximum Gasteiger partial charge on any atom is 0.101 e. The van der Waals surface area contributed by atoms with Crippen molar-refractivity contribution in [1.29, 1.82) is 0 Å². The molecule has 1 N–H and O–H groups in total. The largest absolute Gasteiger partial charge is 0.386 e. The third kappa shape index (κ3) is 3.04. The molecule has 1 fully saturated rings. The van der Waals surface area contributed by atoms with E-state index in [9.17, 15) is 5.11 Å². The highest BCUT2D eigenvalue weighted by atomic mass is 79.9. The van der Waals surface area contributed by atoms with Gasteiger partial charge >= 0.3 is 0 Å². The second-order valence-corrected chi connectivity index (χ2v) is 8.88. The fourth-order valence-corrected chi connectivity index (χ4v) is 4.13. The molecule has 0 radical (unpaired) electrons. The summed E-state index contributed by atoms with van der Waals surface area (Å²) in [6.07, 6.45) is 6.12. The van der Waals surface area contributed by atoms with Crippen molar-refractivity contribution >= 4 is 27.5 Å². The maximum absolute atomic E-state index is 10.4. The lowest BCUT2D eigenvalue weighted by atomic mass is 9.70. The van der Waals surface area contributed by atoms with E-state index in [1.165, 1.54) is 0 Å². The molecule has 1 saturated carbocycles. The second kappa shape index (κ2) is 5.01.